The molecule has 1 aromatic heterocycles. The summed E-state index contributed by atoms with van der Waals surface area (Å²) in [4.78, 5) is 22.6. The molecule has 0 fully saturated rings. The van der Waals surface area contributed by atoms with Crippen molar-refractivity contribution < 1.29 is 9.53 Å². The SMILES string of the molecule is CCN(CC)c1cc(C(=O)NCCOC)nc(C)n1. The molecule has 0 radical (unpaired) electrons. The van der Waals surface area contributed by atoms with E-state index in [0.29, 0.717) is 24.7 Å². The van der Waals surface area contributed by atoms with E-state index in [9.17, 15) is 4.79 Å². The van der Waals surface area contributed by atoms with Gasteiger partial charge < -0.3 is 15.0 Å². The highest BCUT2D eigenvalue weighted by atomic mass is 16.5. The van der Waals surface area contributed by atoms with Gasteiger partial charge in [0.15, 0.2) is 0 Å². The Bertz CT molecular complexity index is 419. The van der Waals surface area contributed by atoms with Gasteiger partial charge in [0.1, 0.15) is 17.3 Å². The molecule has 0 saturated carbocycles. The molecule has 1 amide bonds. The van der Waals surface area contributed by atoms with Crippen LogP contribution in [0.15, 0.2) is 6.07 Å². The van der Waals surface area contributed by atoms with Crippen LogP contribution in [0.25, 0.3) is 0 Å². The molecule has 0 atom stereocenters. The standard InChI is InChI=1S/C13H22N4O2/c1-5-17(6-2)12-9-11(15-10(3)16-12)13(18)14-7-8-19-4/h9H,5-8H2,1-4H3,(H,14,18). The predicted molar refractivity (Wildman–Crippen MR) is 74.5 cm³/mol. The summed E-state index contributed by atoms with van der Waals surface area (Å²) in [6.45, 7) is 8.55. The smallest absolute Gasteiger partial charge is 0.270 e. The van der Waals surface area contributed by atoms with Crippen molar-refractivity contribution in [1.82, 2.24) is 15.3 Å². The minimum absolute atomic E-state index is 0.198. The second kappa shape index (κ2) is 7.68. The van der Waals surface area contributed by atoms with E-state index in [2.05, 4.69) is 34.0 Å². The van der Waals surface area contributed by atoms with E-state index in [0.717, 1.165) is 18.9 Å². The quantitative estimate of drug-likeness (QED) is 0.746. The summed E-state index contributed by atoms with van der Waals surface area (Å²) >= 11 is 0. The number of amides is 1. The van der Waals surface area contributed by atoms with Gasteiger partial charge >= 0.3 is 0 Å². The first-order valence-electron chi connectivity index (χ1n) is 6.50. The number of methoxy groups -OCH3 is 1. The highest BCUT2D eigenvalue weighted by Crippen LogP contribution is 2.12. The minimum atomic E-state index is -0.198. The number of nitrogens with zero attached hydrogens (tertiary/aromatic N) is 3. The number of hydrogen-bond donors (Lipinski definition) is 1. The summed E-state index contributed by atoms with van der Waals surface area (Å²) in [5.74, 6) is 1.19. The fourth-order valence-electron chi connectivity index (χ4n) is 1.74. The average Bonchev–Trinajstić information content (AvgIpc) is 2.39. The van der Waals surface area contributed by atoms with E-state index in [1.54, 1.807) is 20.1 Å². The van der Waals surface area contributed by atoms with Crippen LogP contribution in [0.1, 0.15) is 30.2 Å². The summed E-state index contributed by atoms with van der Waals surface area (Å²) in [6.07, 6.45) is 0. The molecule has 0 saturated heterocycles. The highest BCUT2D eigenvalue weighted by molar-refractivity contribution is 5.92. The lowest BCUT2D eigenvalue weighted by Gasteiger charge is -2.20. The van der Waals surface area contributed by atoms with Crippen LogP contribution in [0.2, 0.25) is 0 Å². The van der Waals surface area contributed by atoms with E-state index in [-0.39, 0.29) is 5.91 Å². The lowest BCUT2D eigenvalue weighted by atomic mass is 10.3. The Morgan fingerprint density at radius 2 is 2.05 bits per heavy atom. The maximum atomic E-state index is 11.9. The van der Waals surface area contributed by atoms with Crippen LogP contribution in [-0.4, -0.2) is 49.2 Å². The molecule has 0 aliphatic heterocycles. The molecule has 0 unspecified atom stereocenters. The van der Waals surface area contributed by atoms with Gasteiger partial charge in [-0.05, 0) is 20.8 Å². The Labute approximate surface area is 114 Å². The topological polar surface area (TPSA) is 67.4 Å². The molecule has 19 heavy (non-hydrogen) atoms. The number of carbonyl (C=O) groups excluding carboxylic acids is 1. The third kappa shape index (κ3) is 4.48. The molecule has 1 aromatic rings. The van der Waals surface area contributed by atoms with Crippen molar-refractivity contribution in [2.24, 2.45) is 0 Å². The number of rotatable bonds is 7. The zero-order chi connectivity index (χ0) is 14.3. The second-order valence-electron chi connectivity index (χ2n) is 4.08. The molecule has 1 rings (SSSR count). The maximum absolute atomic E-state index is 11.9. The van der Waals surface area contributed by atoms with Gasteiger partial charge in [0, 0.05) is 32.8 Å². The molecule has 6 nitrogen and oxygen atoms in total. The zero-order valence-corrected chi connectivity index (χ0v) is 12.1. The first-order valence-corrected chi connectivity index (χ1v) is 6.50. The van der Waals surface area contributed by atoms with Crippen molar-refractivity contribution in [3.05, 3.63) is 17.6 Å². The zero-order valence-electron chi connectivity index (χ0n) is 12.1. The molecule has 6 heteroatoms. The average molecular weight is 266 g/mol. The second-order valence-corrected chi connectivity index (χ2v) is 4.08. The van der Waals surface area contributed by atoms with Crippen molar-refractivity contribution in [1.29, 1.82) is 0 Å². The Morgan fingerprint density at radius 1 is 1.37 bits per heavy atom. The fourth-order valence-corrected chi connectivity index (χ4v) is 1.74. The van der Waals surface area contributed by atoms with Crippen LogP contribution in [0.5, 0.6) is 0 Å². The normalized spacial score (nSPS) is 10.3. The Balaban J connectivity index is 2.86. The van der Waals surface area contributed by atoms with Gasteiger partial charge in [0.05, 0.1) is 6.61 Å². The Morgan fingerprint density at radius 3 is 2.63 bits per heavy atom. The van der Waals surface area contributed by atoms with Crippen LogP contribution in [0, 0.1) is 6.92 Å². The maximum Gasteiger partial charge on any atom is 0.270 e. The van der Waals surface area contributed by atoms with Crippen LogP contribution < -0.4 is 10.2 Å². The van der Waals surface area contributed by atoms with Crippen molar-refractivity contribution in [2.45, 2.75) is 20.8 Å². The summed E-state index contributed by atoms with van der Waals surface area (Å²) < 4.78 is 4.89. The largest absolute Gasteiger partial charge is 0.383 e. The molecular weight excluding hydrogens is 244 g/mol. The van der Waals surface area contributed by atoms with Gasteiger partial charge in [-0.3, -0.25) is 4.79 Å². The molecular formula is C13H22N4O2. The minimum Gasteiger partial charge on any atom is -0.383 e. The van der Waals surface area contributed by atoms with E-state index >= 15 is 0 Å². The van der Waals surface area contributed by atoms with Gasteiger partial charge in [-0.15, -0.1) is 0 Å². The molecule has 106 valence electrons. The Hall–Kier alpha value is -1.69. The first kappa shape index (κ1) is 15.4. The van der Waals surface area contributed by atoms with E-state index in [1.807, 2.05) is 0 Å². The van der Waals surface area contributed by atoms with Crippen molar-refractivity contribution in [2.75, 3.05) is 38.3 Å². The molecule has 0 aliphatic carbocycles. The summed E-state index contributed by atoms with van der Waals surface area (Å²) in [5.41, 5.74) is 0.394. The monoisotopic (exact) mass is 266 g/mol. The summed E-state index contributed by atoms with van der Waals surface area (Å²) in [7, 11) is 1.60. The summed E-state index contributed by atoms with van der Waals surface area (Å²) in [5, 5.41) is 2.76. The van der Waals surface area contributed by atoms with Crippen molar-refractivity contribution in [3.63, 3.8) is 0 Å². The third-order valence-corrected chi connectivity index (χ3v) is 2.74. The van der Waals surface area contributed by atoms with Gasteiger partial charge in [0.2, 0.25) is 0 Å². The summed E-state index contributed by atoms with van der Waals surface area (Å²) in [6, 6.07) is 1.72. The van der Waals surface area contributed by atoms with Gasteiger partial charge in [-0.25, -0.2) is 9.97 Å². The third-order valence-electron chi connectivity index (χ3n) is 2.74. The number of aromatic nitrogens is 2. The van der Waals surface area contributed by atoms with Gasteiger partial charge in [-0.2, -0.15) is 0 Å². The van der Waals surface area contributed by atoms with Crippen LogP contribution >= 0.6 is 0 Å². The number of nitrogens with one attached hydrogen (secondary N) is 1. The molecule has 0 aromatic carbocycles. The lowest BCUT2D eigenvalue weighted by molar-refractivity contribution is 0.0931. The van der Waals surface area contributed by atoms with Gasteiger partial charge in [-0.1, -0.05) is 0 Å². The van der Waals surface area contributed by atoms with E-state index < -0.39 is 0 Å². The number of hydrogen-bond acceptors (Lipinski definition) is 5. The van der Waals surface area contributed by atoms with Crippen LogP contribution in [0.3, 0.4) is 0 Å². The molecule has 0 aliphatic rings. The van der Waals surface area contributed by atoms with Crippen LogP contribution in [0.4, 0.5) is 5.82 Å². The highest BCUT2D eigenvalue weighted by Gasteiger charge is 2.12. The van der Waals surface area contributed by atoms with Crippen molar-refractivity contribution >= 4 is 11.7 Å². The van der Waals surface area contributed by atoms with Gasteiger partial charge in [0.25, 0.3) is 5.91 Å². The molecule has 1 heterocycles. The lowest BCUT2D eigenvalue weighted by Crippen LogP contribution is -2.29. The van der Waals surface area contributed by atoms with E-state index in [4.69, 9.17) is 4.74 Å². The number of ether oxygens (including phenoxy) is 1. The fraction of sp³-hybridized carbons (Fsp3) is 0.615. The molecule has 0 spiro atoms. The number of aryl methyl sites for hydroxylation is 1. The van der Waals surface area contributed by atoms with E-state index in [1.165, 1.54) is 0 Å². The molecule has 1 N–H and O–H groups in total. The predicted octanol–water partition coefficient (Wildman–Crippen LogP) is 1.01. The van der Waals surface area contributed by atoms with Crippen molar-refractivity contribution in [3.8, 4) is 0 Å². The number of anilines is 1. The Kier molecular flexibility index (Phi) is 6.21. The first-order chi connectivity index (χ1) is 9.12. The van der Waals surface area contributed by atoms with Crippen LogP contribution in [-0.2, 0) is 4.74 Å². The number of carbonyl (C=O) groups is 1. The molecule has 0 bridgehead atoms.